The molecule has 1 aromatic rings. The summed E-state index contributed by atoms with van der Waals surface area (Å²) in [4.78, 5) is 2.70. The van der Waals surface area contributed by atoms with Crippen LogP contribution in [0.15, 0.2) is 30.3 Å². The Labute approximate surface area is 118 Å². The van der Waals surface area contributed by atoms with Crippen LogP contribution in [0.4, 0.5) is 0 Å². The largest absolute Gasteiger partial charge is 0.317 e. The van der Waals surface area contributed by atoms with Crippen LogP contribution in [-0.4, -0.2) is 30.6 Å². The molecule has 0 amide bonds. The van der Waals surface area contributed by atoms with Crippen molar-refractivity contribution in [2.75, 3.05) is 13.6 Å². The lowest BCUT2D eigenvalue weighted by atomic mass is 9.85. The summed E-state index contributed by atoms with van der Waals surface area (Å²) in [5.41, 5.74) is 1.46. The Hall–Kier alpha value is -0.860. The second-order valence-corrected chi connectivity index (χ2v) is 5.86. The molecule has 0 bridgehead atoms. The molecular formula is C17H28N2. The summed E-state index contributed by atoms with van der Waals surface area (Å²) in [6.07, 6.45) is 2.44. The van der Waals surface area contributed by atoms with Crippen LogP contribution < -0.4 is 5.32 Å². The molecule has 19 heavy (non-hydrogen) atoms. The molecule has 4 unspecified atom stereocenters. The maximum atomic E-state index is 3.47. The van der Waals surface area contributed by atoms with Crippen LogP contribution in [0, 0.1) is 5.92 Å². The third-order valence-corrected chi connectivity index (χ3v) is 4.96. The molecule has 1 aromatic carbocycles. The van der Waals surface area contributed by atoms with Gasteiger partial charge in [0, 0.05) is 24.7 Å². The van der Waals surface area contributed by atoms with Crippen molar-refractivity contribution in [3.63, 3.8) is 0 Å². The maximum Gasteiger partial charge on any atom is 0.0348 e. The average Bonchev–Trinajstić information content (AvgIpc) is 2.45. The molecule has 1 saturated heterocycles. The van der Waals surface area contributed by atoms with Crippen molar-refractivity contribution >= 4 is 0 Å². The first-order valence-electron chi connectivity index (χ1n) is 7.67. The minimum Gasteiger partial charge on any atom is -0.317 e. The summed E-state index contributed by atoms with van der Waals surface area (Å²) >= 11 is 0. The molecule has 2 heteroatoms. The molecule has 0 saturated carbocycles. The minimum absolute atomic E-state index is 0.566. The molecule has 1 heterocycles. The molecule has 1 fully saturated rings. The Morgan fingerprint density at radius 1 is 1.26 bits per heavy atom. The van der Waals surface area contributed by atoms with Gasteiger partial charge in [0.15, 0.2) is 0 Å². The van der Waals surface area contributed by atoms with Crippen molar-refractivity contribution in [2.45, 2.75) is 51.7 Å². The predicted octanol–water partition coefficient (Wildman–Crippen LogP) is 3.46. The maximum absolute atomic E-state index is 3.47. The van der Waals surface area contributed by atoms with E-state index >= 15 is 0 Å². The molecule has 2 rings (SSSR count). The van der Waals surface area contributed by atoms with Gasteiger partial charge in [-0.25, -0.2) is 0 Å². The van der Waals surface area contributed by atoms with E-state index in [2.05, 4.69) is 68.4 Å². The second-order valence-electron chi connectivity index (χ2n) is 5.86. The number of piperidine rings is 1. The highest BCUT2D eigenvalue weighted by Gasteiger charge is 2.34. The minimum atomic E-state index is 0.566. The number of likely N-dealkylation sites (tertiary alicyclic amines) is 1. The van der Waals surface area contributed by atoms with E-state index < -0.39 is 0 Å². The molecule has 1 N–H and O–H groups in total. The van der Waals surface area contributed by atoms with Gasteiger partial charge in [-0.15, -0.1) is 0 Å². The molecule has 0 aliphatic carbocycles. The van der Waals surface area contributed by atoms with E-state index in [-0.39, 0.29) is 0 Å². The van der Waals surface area contributed by atoms with E-state index in [1.807, 2.05) is 0 Å². The van der Waals surface area contributed by atoms with Gasteiger partial charge in [0.05, 0.1) is 0 Å². The zero-order chi connectivity index (χ0) is 13.8. The first-order chi connectivity index (χ1) is 9.19. The van der Waals surface area contributed by atoms with Gasteiger partial charge >= 0.3 is 0 Å². The van der Waals surface area contributed by atoms with Crippen LogP contribution in [0.3, 0.4) is 0 Å². The summed E-state index contributed by atoms with van der Waals surface area (Å²) in [5.74, 6) is 0.705. The van der Waals surface area contributed by atoms with Gasteiger partial charge in [-0.3, -0.25) is 4.90 Å². The number of nitrogens with zero attached hydrogens (tertiary/aromatic N) is 1. The van der Waals surface area contributed by atoms with Crippen LogP contribution >= 0.6 is 0 Å². The first kappa shape index (κ1) is 14.5. The van der Waals surface area contributed by atoms with Gasteiger partial charge in [0.2, 0.25) is 0 Å². The lowest BCUT2D eigenvalue weighted by Gasteiger charge is -2.46. The Morgan fingerprint density at radius 2 is 1.95 bits per heavy atom. The van der Waals surface area contributed by atoms with E-state index in [0.29, 0.717) is 24.0 Å². The van der Waals surface area contributed by atoms with Gasteiger partial charge in [-0.2, -0.15) is 0 Å². The lowest BCUT2D eigenvalue weighted by molar-refractivity contribution is 0.0462. The van der Waals surface area contributed by atoms with Crippen molar-refractivity contribution in [3.05, 3.63) is 35.9 Å². The van der Waals surface area contributed by atoms with Gasteiger partial charge < -0.3 is 5.32 Å². The van der Waals surface area contributed by atoms with Crippen LogP contribution in [0.2, 0.25) is 0 Å². The van der Waals surface area contributed by atoms with Crippen molar-refractivity contribution in [3.8, 4) is 0 Å². The quantitative estimate of drug-likeness (QED) is 0.892. The summed E-state index contributed by atoms with van der Waals surface area (Å²) in [7, 11) is 2.10. The standard InChI is InChI=1S/C17H28N2/c1-5-17(15-9-7-6-8-10-15)19-12-11-16(18-4)13(2)14(19)3/h6-10,13-14,16-18H,5,11-12H2,1-4H3. The zero-order valence-corrected chi connectivity index (χ0v) is 12.8. The molecule has 0 aromatic heterocycles. The van der Waals surface area contributed by atoms with Crippen LogP contribution in [0.5, 0.6) is 0 Å². The lowest BCUT2D eigenvalue weighted by Crippen LogP contribution is -2.53. The highest BCUT2D eigenvalue weighted by atomic mass is 15.2. The van der Waals surface area contributed by atoms with Gasteiger partial charge in [-0.05, 0) is 38.3 Å². The SMILES string of the molecule is CCC(c1ccccc1)N1CCC(NC)C(C)C1C. The summed E-state index contributed by atoms with van der Waals surface area (Å²) < 4.78 is 0. The van der Waals surface area contributed by atoms with E-state index in [1.165, 1.54) is 24.9 Å². The van der Waals surface area contributed by atoms with Gasteiger partial charge in [-0.1, -0.05) is 44.2 Å². The van der Waals surface area contributed by atoms with E-state index in [0.717, 1.165) is 0 Å². The van der Waals surface area contributed by atoms with Gasteiger partial charge in [0.25, 0.3) is 0 Å². The fraction of sp³-hybridized carbons (Fsp3) is 0.647. The normalized spacial score (nSPS) is 30.2. The second kappa shape index (κ2) is 6.53. The van der Waals surface area contributed by atoms with Crippen LogP contribution in [-0.2, 0) is 0 Å². The summed E-state index contributed by atoms with van der Waals surface area (Å²) in [5, 5.41) is 3.47. The molecule has 1 aliphatic heterocycles. The number of nitrogens with one attached hydrogen (secondary N) is 1. The zero-order valence-electron chi connectivity index (χ0n) is 12.8. The first-order valence-corrected chi connectivity index (χ1v) is 7.67. The topological polar surface area (TPSA) is 15.3 Å². The number of hydrogen-bond acceptors (Lipinski definition) is 2. The highest BCUT2D eigenvalue weighted by Crippen LogP contribution is 2.33. The summed E-state index contributed by atoms with van der Waals surface area (Å²) in [6.45, 7) is 8.28. The molecule has 0 spiro atoms. The van der Waals surface area contributed by atoms with Crippen molar-refractivity contribution in [2.24, 2.45) is 5.92 Å². The van der Waals surface area contributed by atoms with E-state index in [9.17, 15) is 0 Å². The van der Waals surface area contributed by atoms with Crippen molar-refractivity contribution in [1.29, 1.82) is 0 Å². The fourth-order valence-corrected chi connectivity index (χ4v) is 3.58. The van der Waals surface area contributed by atoms with Crippen LogP contribution in [0.25, 0.3) is 0 Å². The third-order valence-electron chi connectivity index (χ3n) is 4.96. The highest BCUT2D eigenvalue weighted by molar-refractivity contribution is 5.19. The smallest absolute Gasteiger partial charge is 0.0348 e. The molecule has 106 valence electrons. The molecule has 2 nitrogen and oxygen atoms in total. The number of benzene rings is 1. The molecular weight excluding hydrogens is 232 g/mol. The molecule has 0 radical (unpaired) electrons. The molecule has 1 aliphatic rings. The summed E-state index contributed by atoms with van der Waals surface area (Å²) in [6, 6.07) is 12.8. The van der Waals surface area contributed by atoms with Crippen LogP contribution in [0.1, 0.15) is 45.2 Å². The Bertz CT molecular complexity index is 376. The fourth-order valence-electron chi connectivity index (χ4n) is 3.58. The Kier molecular flexibility index (Phi) is 5.00. The molecule has 4 atom stereocenters. The Balaban J connectivity index is 2.16. The number of rotatable bonds is 4. The monoisotopic (exact) mass is 260 g/mol. The third kappa shape index (κ3) is 3.01. The van der Waals surface area contributed by atoms with Crippen molar-refractivity contribution < 1.29 is 0 Å². The van der Waals surface area contributed by atoms with Crippen molar-refractivity contribution in [1.82, 2.24) is 10.2 Å². The Morgan fingerprint density at radius 3 is 2.53 bits per heavy atom. The van der Waals surface area contributed by atoms with E-state index in [1.54, 1.807) is 0 Å². The number of hydrogen-bond donors (Lipinski definition) is 1. The predicted molar refractivity (Wildman–Crippen MR) is 82.3 cm³/mol. The van der Waals surface area contributed by atoms with E-state index in [4.69, 9.17) is 0 Å². The van der Waals surface area contributed by atoms with Gasteiger partial charge in [0.1, 0.15) is 0 Å². The average molecular weight is 260 g/mol.